The van der Waals surface area contributed by atoms with E-state index in [-0.39, 0.29) is 12.0 Å². The summed E-state index contributed by atoms with van der Waals surface area (Å²) in [5.41, 5.74) is 2.45. The number of rotatable bonds is 3. The molecule has 0 radical (unpaired) electrons. The predicted molar refractivity (Wildman–Crippen MR) is 91.9 cm³/mol. The summed E-state index contributed by atoms with van der Waals surface area (Å²) in [6.07, 6.45) is -0.910. The van der Waals surface area contributed by atoms with Crippen molar-refractivity contribution < 1.29 is 17.6 Å². The Kier molecular flexibility index (Phi) is 3.83. The molecule has 1 aromatic carbocycles. The Balaban J connectivity index is 1.92. The molecule has 0 fully saturated rings. The van der Waals surface area contributed by atoms with Gasteiger partial charge in [-0.25, -0.2) is 4.98 Å². The van der Waals surface area contributed by atoms with E-state index in [0.717, 1.165) is 11.6 Å². The average molecular weight is 356 g/mol. The molecule has 0 amide bonds. The van der Waals surface area contributed by atoms with E-state index in [4.69, 9.17) is 4.42 Å². The first-order valence-electron chi connectivity index (χ1n) is 8.10. The fourth-order valence-corrected chi connectivity index (χ4v) is 3.11. The Morgan fingerprint density at radius 1 is 1.04 bits per heavy atom. The van der Waals surface area contributed by atoms with Crippen LogP contribution in [0.1, 0.15) is 22.4 Å². The van der Waals surface area contributed by atoms with Crippen LogP contribution < -0.4 is 0 Å². The minimum Gasteiger partial charge on any atom is -0.463 e. The number of pyridine rings is 1. The molecular weight excluding hydrogens is 341 g/mol. The lowest BCUT2D eigenvalue weighted by Crippen LogP contribution is -2.10. The molecule has 4 aromatic rings. The molecule has 26 heavy (non-hydrogen) atoms. The molecular formula is C20H15F3N2O. The molecule has 4 rings (SSSR count). The second-order valence-corrected chi connectivity index (χ2v) is 6.15. The van der Waals surface area contributed by atoms with Crippen LogP contribution in [-0.4, -0.2) is 9.38 Å². The van der Waals surface area contributed by atoms with Crippen molar-refractivity contribution in [3.8, 4) is 11.5 Å². The summed E-state index contributed by atoms with van der Waals surface area (Å²) < 4.78 is 47.5. The highest BCUT2D eigenvalue weighted by Crippen LogP contribution is 2.34. The van der Waals surface area contributed by atoms with E-state index in [9.17, 15) is 13.2 Å². The van der Waals surface area contributed by atoms with Crippen LogP contribution >= 0.6 is 0 Å². The van der Waals surface area contributed by atoms with Gasteiger partial charge in [-0.15, -0.1) is 0 Å². The zero-order chi connectivity index (χ0) is 18.3. The topological polar surface area (TPSA) is 30.4 Å². The molecule has 0 saturated carbocycles. The summed E-state index contributed by atoms with van der Waals surface area (Å²) in [7, 11) is 0. The number of nitrogens with zero attached hydrogens (tertiary/aromatic N) is 2. The molecule has 3 nitrogen and oxygen atoms in total. The highest BCUT2D eigenvalue weighted by atomic mass is 19.4. The van der Waals surface area contributed by atoms with Crippen molar-refractivity contribution in [3.63, 3.8) is 0 Å². The number of benzene rings is 1. The van der Waals surface area contributed by atoms with Gasteiger partial charge in [0.2, 0.25) is 0 Å². The third-order valence-electron chi connectivity index (χ3n) is 4.30. The van der Waals surface area contributed by atoms with Crippen LogP contribution in [-0.2, 0) is 12.6 Å². The van der Waals surface area contributed by atoms with E-state index in [1.807, 2.05) is 29.7 Å². The number of imidazole rings is 1. The van der Waals surface area contributed by atoms with Gasteiger partial charge in [-0.05, 0) is 42.3 Å². The van der Waals surface area contributed by atoms with Crippen LogP contribution in [0.3, 0.4) is 0 Å². The standard InChI is InChI=1S/C20H15F3N2O/c1-13-8-9-18-24-19(17-7-4-10-26-17)16(25(18)12-13)11-14-5-2-3-6-15(14)20(21,22)23/h2-10,12H,11H2,1H3. The number of fused-ring (bicyclic) bond motifs is 1. The largest absolute Gasteiger partial charge is 0.463 e. The van der Waals surface area contributed by atoms with Crippen molar-refractivity contribution in [2.45, 2.75) is 19.5 Å². The van der Waals surface area contributed by atoms with E-state index in [1.165, 1.54) is 18.4 Å². The molecule has 3 heterocycles. The van der Waals surface area contributed by atoms with E-state index >= 15 is 0 Å². The number of aryl methyl sites for hydroxylation is 1. The summed E-state index contributed by atoms with van der Waals surface area (Å²) in [5, 5.41) is 0. The van der Waals surface area contributed by atoms with Crippen LogP contribution in [0, 0.1) is 6.92 Å². The number of alkyl halides is 3. The maximum absolute atomic E-state index is 13.4. The number of hydrogen-bond donors (Lipinski definition) is 0. The minimum absolute atomic E-state index is 0.0936. The van der Waals surface area contributed by atoms with Gasteiger partial charge in [0.25, 0.3) is 0 Å². The first kappa shape index (κ1) is 16.4. The van der Waals surface area contributed by atoms with Gasteiger partial charge < -0.3 is 8.82 Å². The second-order valence-electron chi connectivity index (χ2n) is 6.15. The van der Waals surface area contributed by atoms with E-state index in [1.54, 1.807) is 18.2 Å². The summed E-state index contributed by atoms with van der Waals surface area (Å²) in [6.45, 7) is 1.93. The average Bonchev–Trinajstić information content (AvgIpc) is 3.23. The highest BCUT2D eigenvalue weighted by Gasteiger charge is 2.33. The first-order chi connectivity index (χ1) is 12.4. The molecule has 3 aromatic heterocycles. The summed E-state index contributed by atoms with van der Waals surface area (Å²) in [5.74, 6) is 0.533. The molecule has 0 saturated heterocycles. The monoisotopic (exact) mass is 356 g/mol. The third-order valence-corrected chi connectivity index (χ3v) is 4.30. The maximum Gasteiger partial charge on any atom is 0.416 e. The normalized spacial score (nSPS) is 12.0. The molecule has 0 aliphatic carbocycles. The highest BCUT2D eigenvalue weighted by molar-refractivity contribution is 5.63. The zero-order valence-electron chi connectivity index (χ0n) is 13.9. The molecule has 0 atom stereocenters. The number of hydrogen-bond acceptors (Lipinski definition) is 2. The molecule has 0 N–H and O–H groups in total. The van der Waals surface area contributed by atoms with E-state index < -0.39 is 11.7 Å². The fourth-order valence-electron chi connectivity index (χ4n) is 3.11. The number of furan rings is 1. The predicted octanol–water partition coefficient (Wildman–Crippen LogP) is 5.51. The van der Waals surface area contributed by atoms with Crippen LogP contribution in [0.4, 0.5) is 13.2 Å². The smallest absolute Gasteiger partial charge is 0.416 e. The second kappa shape index (κ2) is 6.05. The lowest BCUT2D eigenvalue weighted by Gasteiger charge is -2.13. The van der Waals surface area contributed by atoms with Crippen molar-refractivity contribution >= 4 is 5.65 Å². The summed E-state index contributed by atoms with van der Waals surface area (Å²) in [4.78, 5) is 4.57. The Bertz CT molecular complexity index is 1060. The molecule has 0 unspecified atom stereocenters. The number of aromatic nitrogens is 2. The van der Waals surface area contributed by atoms with Gasteiger partial charge in [0.05, 0.1) is 17.5 Å². The van der Waals surface area contributed by atoms with E-state index in [0.29, 0.717) is 22.8 Å². The van der Waals surface area contributed by atoms with Crippen LogP contribution in [0.25, 0.3) is 17.1 Å². The Morgan fingerprint density at radius 3 is 2.58 bits per heavy atom. The zero-order valence-corrected chi connectivity index (χ0v) is 13.9. The van der Waals surface area contributed by atoms with Gasteiger partial charge in [0, 0.05) is 12.6 Å². The van der Waals surface area contributed by atoms with Gasteiger partial charge in [-0.1, -0.05) is 24.3 Å². The Morgan fingerprint density at radius 2 is 1.85 bits per heavy atom. The quantitative estimate of drug-likeness (QED) is 0.484. The first-order valence-corrected chi connectivity index (χ1v) is 8.10. The van der Waals surface area contributed by atoms with Crippen molar-refractivity contribution in [2.24, 2.45) is 0 Å². The number of halogens is 3. The molecule has 0 aliphatic rings. The molecule has 132 valence electrons. The van der Waals surface area contributed by atoms with Gasteiger partial charge >= 0.3 is 6.18 Å². The molecule has 0 aliphatic heterocycles. The van der Waals surface area contributed by atoms with Gasteiger partial charge in [-0.3, -0.25) is 0 Å². The minimum atomic E-state index is -4.40. The Hall–Kier alpha value is -3.02. The van der Waals surface area contributed by atoms with Crippen LogP contribution in [0.5, 0.6) is 0 Å². The SMILES string of the molecule is Cc1ccc2nc(-c3ccco3)c(Cc3ccccc3C(F)(F)F)n2c1. The molecule has 0 bridgehead atoms. The lowest BCUT2D eigenvalue weighted by molar-refractivity contribution is -0.138. The van der Waals surface area contributed by atoms with Crippen molar-refractivity contribution in [1.82, 2.24) is 9.38 Å². The van der Waals surface area contributed by atoms with Crippen LogP contribution in [0.15, 0.2) is 65.4 Å². The summed E-state index contributed by atoms with van der Waals surface area (Å²) in [6, 6.07) is 12.9. The molecule has 6 heteroatoms. The fraction of sp³-hybridized carbons (Fsp3) is 0.150. The van der Waals surface area contributed by atoms with Crippen molar-refractivity contribution in [1.29, 1.82) is 0 Å². The Labute approximate surface area is 147 Å². The molecule has 0 spiro atoms. The van der Waals surface area contributed by atoms with Gasteiger partial charge in [-0.2, -0.15) is 13.2 Å². The van der Waals surface area contributed by atoms with E-state index in [2.05, 4.69) is 4.98 Å². The maximum atomic E-state index is 13.4. The van der Waals surface area contributed by atoms with Gasteiger partial charge in [0.1, 0.15) is 11.3 Å². The van der Waals surface area contributed by atoms with Crippen molar-refractivity contribution in [3.05, 3.63) is 83.4 Å². The summed E-state index contributed by atoms with van der Waals surface area (Å²) >= 11 is 0. The van der Waals surface area contributed by atoms with Crippen LogP contribution in [0.2, 0.25) is 0 Å². The van der Waals surface area contributed by atoms with Crippen molar-refractivity contribution in [2.75, 3.05) is 0 Å². The lowest BCUT2D eigenvalue weighted by atomic mass is 10.0. The van der Waals surface area contributed by atoms with Gasteiger partial charge in [0.15, 0.2) is 5.76 Å². The third kappa shape index (κ3) is 2.87.